The van der Waals surface area contributed by atoms with E-state index in [-0.39, 0.29) is 18.6 Å². The summed E-state index contributed by atoms with van der Waals surface area (Å²) < 4.78 is 22.2. The van der Waals surface area contributed by atoms with Crippen molar-refractivity contribution in [2.75, 3.05) is 26.8 Å². The Kier molecular flexibility index (Phi) is 4.89. The zero-order valence-corrected chi connectivity index (χ0v) is 15.3. The molecule has 144 valence electrons. The van der Waals surface area contributed by atoms with Gasteiger partial charge in [-0.15, -0.1) is 0 Å². The number of ether oxygens (including phenoxy) is 3. The van der Waals surface area contributed by atoms with Crippen LogP contribution in [0.2, 0.25) is 0 Å². The summed E-state index contributed by atoms with van der Waals surface area (Å²) in [5.41, 5.74) is -0.0195. The molecule has 7 nitrogen and oxygen atoms in total. The number of hydrogen-bond donors (Lipinski definition) is 0. The van der Waals surface area contributed by atoms with Gasteiger partial charge in [-0.05, 0) is 30.3 Å². The first-order valence-electron chi connectivity index (χ1n) is 8.88. The molecule has 7 heteroatoms. The number of likely N-dealkylation sites (N-methyl/N-ethyl adjacent to an activating group) is 1. The molecule has 0 N–H and O–H groups in total. The van der Waals surface area contributed by atoms with Crippen LogP contribution in [0.1, 0.15) is 0 Å². The highest BCUT2D eigenvalue weighted by atomic mass is 16.6. The second-order valence-electron chi connectivity index (χ2n) is 6.51. The molecular formula is C21H19NO6. The van der Waals surface area contributed by atoms with Gasteiger partial charge in [0.15, 0.2) is 24.2 Å². The van der Waals surface area contributed by atoms with Crippen LogP contribution in [-0.2, 0) is 4.79 Å². The highest BCUT2D eigenvalue weighted by Crippen LogP contribution is 2.31. The van der Waals surface area contributed by atoms with Crippen LogP contribution in [0.25, 0.3) is 11.0 Å². The van der Waals surface area contributed by atoms with E-state index in [1.807, 2.05) is 24.3 Å². The maximum atomic E-state index is 12.4. The average molecular weight is 381 g/mol. The standard InChI is InChI=1S/C21H19NO6/c1-22(11-16-12-26-17-4-2-3-5-18(17)27-16)20(23)13-25-15-8-6-14-7-9-21(24)28-19(14)10-15/h2-10,16H,11-13H2,1H3/t16-/m1/s1. The van der Waals surface area contributed by atoms with Gasteiger partial charge in [0.1, 0.15) is 17.9 Å². The molecule has 0 radical (unpaired) electrons. The number of hydrogen-bond acceptors (Lipinski definition) is 6. The van der Waals surface area contributed by atoms with Crippen molar-refractivity contribution in [3.63, 3.8) is 0 Å². The van der Waals surface area contributed by atoms with Crippen LogP contribution in [0, 0.1) is 0 Å². The van der Waals surface area contributed by atoms with E-state index in [9.17, 15) is 9.59 Å². The summed E-state index contributed by atoms with van der Waals surface area (Å²) in [5.74, 6) is 1.64. The van der Waals surface area contributed by atoms with Gasteiger partial charge in [0.2, 0.25) is 0 Å². The van der Waals surface area contributed by atoms with E-state index < -0.39 is 5.63 Å². The molecule has 4 rings (SSSR count). The molecule has 2 heterocycles. The number of fused-ring (bicyclic) bond motifs is 2. The molecule has 1 atom stereocenters. The van der Waals surface area contributed by atoms with Crippen molar-refractivity contribution in [1.82, 2.24) is 4.90 Å². The number of para-hydroxylation sites is 2. The molecular weight excluding hydrogens is 362 g/mol. The minimum Gasteiger partial charge on any atom is -0.486 e. The van der Waals surface area contributed by atoms with E-state index in [0.29, 0.717) is 36.0 Å². The fourth-order valence-electron chi connectivity index (χ4n) is 2.95. The maximum absolute atomic E-state index is 12.4. The first kappa shape index (κ1) is 17.9. The molecule has 0 spiro atoms. The van der Waals surface area contributed by atoms with Crippen molar-refractivity contribution in [1.29, 1.82) is 0 Å². The Morgan fingerprint density at radius 2 is 1.93 bits per heavy atom. The van der Waals surface area contributed by atoms with E-state index in [2.05, 4.69) is 0 Å². The Hall–Kier alpha value is -3.48. The number of nitrogens with zero attached hydrogens (tertiary/aromatic N) is 1. The molecule has 0 fully saturated rings. The summed E-state index contributed by atoms with van der Waals surface area (Å²) >= 11 is 0. The minimum atomic E-state index is -0.434. The third kappa shape index (κ3) is 3.93. The minimum absolute atomic E-state index is 0.136. The topological polar surface area (TPSA) is 78.2 Å². The average Bonchev–Trinajstić information content (AvgIpc) is 2.71. The molecule has 0 aliphatic carbocycles. The molecule has 1 aromatic heterocycles. The summed E-state index contributed by atoms with van der Waals surface area (Å²) in [6.45, 7) is 0.617. The van der Waals surface area contributed by atoms with Crippen LogP contribution in [0.5, 0.6) is 17.2 Å². The molecule has 0 unspecified atom stereocenters. The highest BCUT2D eigenvalue weighted by molar-refractivity contribution is 5.79. The maximum Gasteiger partial charge on any atom is 0.336 e. The number of amides is 1. The molecule has 0 saturated heterocycles. The number of carbonyl (C=O) groups excluding carboxylic acids is 1. The van der Waals surface area contributed by atoms with Gasteiger partial charge in [-0.3, -0.25) is 4.79 Å². The molecule has 28 heavy (non-hydrogen) atoms. The highest BCUT2D eigenvalue weighted by Gasteiger charge is 2.23. The monoisotopic (exact) mass is 381 g/mol. The summed E-state index contributed by atoms with van der Waals surface area (Å²) in [7, 11) is 1.69. The normalized spacial score (nSPS) is 15.2. The van der Waals surface area contributed by atoms with E-state index >= 15 is 0 Å². The van der Waals surface area contributed by atoms with Crippen LogP contribution < -0.4 is 19.8 Å². The van der Waals surface area contributed by atoms with Gasteiger partial charge in [-0.25, -0.2) is 4.79 Å². The van der Waals surface area contributed by atoms with Gasteiger partial charge < -0.3 is 23.5 Å². The van der Waals surface area contributed by atoms with E-state index in [4.69, 9.17) is 18.6 Å². The Bertz CT molecular complexity index is 1060. The second kappa shape index (κ2) is 7.64. The van der Waals surface area contributed by atoms with Crippen LogP contribution >= 0.6 is 0 Å². The second-order valence-corrected chi connectivity index (χ2v) is 6.51. The molecule has 1 amide bonds. The molecule has 0 saturated carbocycles. The Morgan fingerprint density at radius 1 is 1.14 bits per heavy atom. The molecule has 3 aromatic rings. The number of rotatable bonds is 5. The lowest BCUT2D eigenvalue weighted by Gasteiger charge is -2.29. The third-order valence-electron chi connectivity index (χ3n) is 4.43. The van der Waals surface area contributed by atoms with E-state index in [0.717, 1.165) is 5.39 Å². The zero-order valence-electron chi connectivity index (χ0n) is 15.3. The fourth-order valence-corrected chi connectivity index (χ4v) is 2.95. The van der Waals surface area contributed by atoms with Crippen molar-refractivity contribution >= 4 is 16.9 Å². The van der Waals surface area contributed by atoms with Crippen LogP contribution in [0.4, 0.5) is 0 Å². The summed E-state index contributed by atoms with van der Waals surface area (Å²) in [6.07, 6.45) is -0.251. The van der Waals surface area contributed by atoms with Crippen LogP contribution in [0.15, 0.2) is 63.8 Å². The van der Waals surface area contributed by atoms with Crippen LogP contribution in [0.3, 0.4) is 0 Å². The van der Waals surface area contributed by atoms with Gasteiger partial charge >= 0.3 is 5.63 Å². The van der Waals surface area contributed by atoms with Gasteiger partial charge in [-0.1, -0.05) is 12.1 Å². The number of carbonyl (C=O) groups is 1. The summed E-state index contributed by atoms with van der Waals surface area (Å²) in [4.78, 5) is 25.3. The first-order chi connectivity index (χ1) is 13.6. The first-order valence-corrected chi connectivity index (χ1v) is 8.88. The Balaban J connectivity index is 1.33. The van der Waals surface area contributed by atoms with Crippen molar-refractivity contribution in [2.45, 2.75) is 6.10 Å². The van der Waals surface area contributed by atoms with Crippen LogP contribution in [-0.4, -0.2) is 43.7 Å². The molecule has 1 aliphatic heterocycles. The summed E-state index contributed by atoms with van der Waals surface area (Å²) in [5, 5.41) is 0.783. The largest absolute Gasteiger partial charge is 0.486 e. The molecule has 1 aliphatic rings. The van der Waals surface area contributed by atoms with Crippen molar-refractivity contribution < 1.29 is 23.4 Å². The van der Waals surface area contributed by atoms with Gasteiger partial charge in [-0.2, -0.15) is 0 Å². The smallest absolute Gasteiger partial charge is 0.336 e. The molecule has 2 aromatic carbocycles. The van der Waals surface area contributed by atoms with Gasteiger partial charge in [0, 0.05) is 24.6 Å². The van der Waals surface area contributed by atoms with E-state index in [1.165, 1.54) is 6.07 Å². The summed E-state index contributed by atoms with van der Waals surface area (Å²) in [6, 6.07) is 15.6. The molecule has 0 bridgehead atoms. The predicted molar refractivity (Wildman–Crippen MR) is 102 cm³/mol. The SMILES string of the molecule is CN(C[C@@H]1COc2ccccc2O1)C(=O)COc1ccc2ccc(=O)oc2c1. The lowest BCUT2D eigenvalue weighted by Crippen LogP contribution is -2.43. The van der Waals surface area contributed by atoms with E-state index in [1.54, 1.807) is 36.2 Å². The fraction of sp³-hybridized carbons (Fsp3) is 0.238. The Morgan fingerprint density at radius 3 is 2.79 bits per heavy atom. The predicted octanol–water partition coefficient (Wildman–Crippen LogP) is 2.47. The lowest BCUT2D eigenvalue weighted by molar-refractivity contribution is -0.133. The van der Waals surface area contributed by atoms with Crippen molar-refractivity contribution in [3.8, 4) is 17.2 Å². The van der Waals surface area contributed by atoms with Gasteiger partial charge in [0.05, 0.1) is 6.54 Å². The Labute approximate surface area is 161 Å². The number of benzene rings is 2. The quantitative estimate of drug-likeness (QED) is 0.632. The van der Waals surface area contributed by atoms with Gasteiger partial charge in [0.25, 0.3) is 5.91 Å². The zero-order chi connectivity index (χ0) is 19.5. The van der Waals surface area contributed by atoms with Crippen molar-refractivity contribution in [2.24, 2.45) is 0 Å². The van der Waals surface area contributed by atoms with Crippen molar-refractivity contribution in [3.05, 3.63) is 65.0 Å². The third-order valence-corrected chi connectivity index (χ3v) is 4.43. The lowest BCUT2D eigenvalue weighted by atomic mass is 10.2.